The van der Waals surface area contributed by atoms with Crippen molar-refractivity contribution in [1.29, 1.82) is 0 Å². The summed E-state index contributed by atoms with van der Waals surface area (Å²) in [5, 5.41) is 8.75. The summed E-state index contributed by atoms with van der Waals surface area (Å²) in [5.74, 6) is -0.899. The first-order valence-corrected chi connectivity index (χ1v) is 8.82. The number of halogens is 1. The molecule has 0 unspecified atom stereocenters. The lowest BCUT2D eigenvalue weighted by molar-refractivity contribution is -0.139. The zero-order valence-corrected chi connectivity index (χ0v) is 15.9. The summed E-state index contributed by atoms with van der Waals surface area (Å²) in [6, 6.07) is 5.13. The fourth-order valence-electron chi connectivity index (χ4n) is 1.92. The number of hydrogen-bond donors (Lipinski definition) is 1. The van der Waals surface area contributed by atoms with E-state index in [2.05, 4.69) is 15.9 Å². The van der Waals surface area contributed by atoms with Crippen LogP contribution in [0.4, 0.5) is 0 Å². The van der Waals surface area contributed by atoms with Crippen molar-refractivity contribution in [2.75, 3.05) is 26.9 Å². The summed E-state index contributed by atoms with van der Waals surface area (Å²) in [6.45, 7) is 0.320. The molecule has 0 atom stereocenters. The van der Waals surface area contributed by atoms with Crippen molar-refractivity contribution in [2.24, 2.45) is 0 Å². The SMILES string of the molecule is COCCN1C(=O)C(=Cc2cc(Br)ccc2OCC(=O)O)SC1=S. The van der Waals surface area contributed by atoms with E-state index in [4.69, 9.17) is 26.8 Å². The minimum atomic E-state index is -1.07. The molecule has 1 fully saturated rings. The lowest BCUT2D eigenvalue weighted by atomic mass is 10.2. The zero-order chi connectivity index (χ0) is 17.7. The molecule has 0 bridgehead atoms. The van der Waals surface area contributed by atoms with E-state index in [0.29, 0.717) is 33.7 Å². The number of nitrogens with zero attached hydrogens (tertiary/aromatic N) is 1. The summed E-state index contributed by atoms with van der Waals surface area (Å²) in [4.78, 5) is 25.1. The number of carbonyl (C=O) groups is 2. The maximum Gasteiger partial charge on any atom is 0.341 e. The number of carbonyl (C=O) groups excluding carboxylic acids is 1. The van der Waals surface area contributed by atoms with E-state index in [1.807, 2.05) is 0 Å². The molecule has 2 rings (SSSR count). The molecule has 9 heteroatoms. The highest BCUT2D eigenvalue weighted by Gasteiger charge is 2.31. The Morgan fingerprint density at radius 2 is 2.25 bits per heavy atom. The maximum absolute atomic E-state index is 12.4. The normalized spacial score (nSPS) is 16.1. The third-order valence-electron chi connectivity index (χ3n) is 3.00. The molecular formula is C15H14BrNO5S2. The number of thioether (sulfide) groups is 1. The van der Waals surface area contributed by atoms with Crippen molar-refractivity contribution < 1.29 is 24.2 Å². The quantitative estimate of drug-likeness (QED) is 0.525. The molecule has 6 nitrogen and oxygen atoms in total. The average Bonchev–Trinajstić information content (AvgIpc) is 2.78. The van der Waals surface area contributed by atoms with E-state index in [1.54, 1.807) is 31.4 Å². The second-order valence-electron chi connectivity index (χ2n) is 4.69. The minimum Gasteiger partial charge on any atom is -0.481 e. The Balaban J connectivity index is 2.27. The van der Waals surface area contributed by atoms with Gasteiger partial charge in [0.1, 0.15) is 10.1 Å². The Labute approximate surface area is 156 Å². The van der Waals surface area contributed by atoms with E-state index in [1.165, 1.54) is 16.7 Å². The molecule has 0 spiro atoms. The molecule has 1 aromatic rings. The first-order valence-electron chi connectivity index (χ1n) is 6.81. The Kier molecular flexibility index (Phi) is 6.79. The second-order valence-corrected chi connectivity index (χ2v) is 7.28. The standard InChI is InChI=1S/C15H14BrNO5S2/c1-21-5-4-17-14(20)12(24-15(17)23)7-9-6-10(16)2-3-11(9)22-8-13(18)19/h2-3,6-7H,4-5,8H2,1H3,(H,18,19). The van der Waals surface area contributed by atoms with Gasteiger partial charge in [-0.15, -0.1) is 0 Å². The molecule has 0 aromatic heterocycles. The summed E-state index contributed by atoms with van der Waals surface area (Å²) in [7, 11) is 1.56. The number of methoxy groups -OCH3 is 1. The highest BCUT2D eigenvalue weighted by atomic mass is 79.9. The number of rotatable bonds is 7. The maximum atomic E-state index is 12.4. The van der Waals surface area contributed by atoms with Crippen LogP contribution in [0, 0.1) is 0 Å². The lowest BCUT2D eigenvalue weighted by Crippen LogP contribution is -2.31. The number of amides is 1. The number of hydrogen-bond acceptors (Lipinski definition) is 6. The predicted octanol–water partition coefficient (Wildman–Crippen LogP) is 2.76. The van der Waals surface area contributed by atoms with Crippen LogP contribution in [0.5, 0.6) is 5.75 Å². The minimum absolute atomic E-state index is 0.203. The Hall–Kier alpha value is -1.42. The van der Waals surface area contributed by atoms with E-state index in [-0.39, 0.29) is 5.91 Å². The Morgan fingerprint density at radius 1 is 1.50 bits per heavy atom. The fourth-order valence-corrected chi connectivity index (χ4v) is 3.60. The van der Waals surface area contributed by atoms with Crippen molar-refractivity contribution in [3.63, 3.8) is 0 Å². The number of benzene rings is 1. The smallest absolute Gasteiger partial charge is 0.341 e. The number of carboxylic acid groups (broad SMARTS) is 1. The summed E-state index contributed by atoms with van der Waals surface area (Å²) in [5.41, 5.74) is 0.595. The van der Waals surface area contributed by atoms with Crippen LogP contribution in [0.3, 0.4) is 0 Å². The summed E-state index contributed by atoms with van der Waals surface area (Å²) < 4.78 is 11.5. The van der Waals surface area contributed by atoms with Crippen LogP contribution in [0.1, 0.15) is 5.56 Å². The summed E-state index contributed by atoms with van der Waals surface area (Å²) in [6.07, 6.45) is 1.65. The Bertz CT molecular complexity index is 707. The molecule has 1 N–H and O–H groups in total. The summed E-state index contributed by atoms with van der Waals surface area (Å²) >= 11 is 9.77. The molecule has 1 aliphatic rings. The van der Waals surface area contributed by atoms with Crippen molar-refractivity contribution in [3.05, 3.63) is 33.1 Å². The highest BCUT2D eigenvalue weighted by molar-refractivity contribution is 9.10. The second kappa shape index (κ2) is 8.61. The van der Waals surface area contributed by atoms with Gasteiger partial charge in [0.25, 0.3) is 5.91 Å². The van der Waals surface area contributed by atoms with Gasteiger partial charge in [-0.05, 0) is 24.3 Å². The van der Waals surface area contributed by atoms with Gasteiger partial charge >= 0.3 is 5.97 Å². The van der Waals surface area contributed by atoms with Gasteiger partial charge < -0.3 is 14.6 Å². The molecule has 1 heterocycles. The van der Waals surface area contributed by atoms with Crippen LogP contribution in [0.15, 0.2) is 27.6 Å². The van der Waals surface area contributed by atoms with Gasteiger partial charge in [0.05, 0.1) is 18.1 Å². The number of carboxylic acids is 1. The third kappa shape index (κ3) is 4.79. The average molecular weight is 432 g/mol. The van der Waals surface area contributed by atoms with Gasteiger partial charge in [-0.3, -0.25) is 9.69 Å². The van der Waals surface area contributed by atoms with Gasteiger partial charge in [0, 0.05) is 17.1 Å². The third-order valence-corrected chi connectivity index (χ3v) is 4.87. The van der Waals surface area contributed by atoms with Crippen molar-refractivity contribution >= 4 is 62.2 Å². The topological polar surface area (TPSA) is 76.1 Å². The molecule has 128 valence electrons. The monoisotopic (exact) mass is 431 g/mol. The fraction of sp³-hybridized carbons (Fsp3) is 0.267. The van der Waals surface area contributed by atoms with Gasteiger partial charge in [0.15, 0.2) is 6.61 Å². The van der Waals surface area contributed by atoms with E-state index >= 15 is 0 Å². The number of aliphatic carboxylic acids is 1. The first-order chi connectivity index (χ1) is 11.4. The van der Waals surface area contributed by atoms with Crippen molar-refractivity contribution in [3.8, 4) is 5.75 Å². The molecule has 1 aromatic carbocycles. The van der Waals surface area contributed by atoms with Crippen LogP contribution in [-0.4, -0.2) is 53.1 Å². The van der Waals surface area contributed by atoms with Crippen LogP contribution >= 0.6 is 39.9 Å². The van der Waals surface area contributed by atoms with Gasteiger partial charge in [0.2, 0.25) is 0 Å². The molecular weight excluding hydrogens is 418 g/mol. The van der Waals surface area contributed by atoms with Crippen LogP contribution in [0.25, 0.3) is 6.08 Å². The zero-order valence-electron chi connectivity index (χ0n) is 12.7. The van der Waals surface area contributed by atoms with E-state index < -0.39 is 12.6 Å². The largest absolute Gasteiger partial charge is 0.481 e. The molecule has 0 aliphatic carbocycles. The number of ether oxygens (including phenoxy) is 2. The van der Waals surface area contributed by atoms with Crippen LogP contribution in [0.2, 0.25) is 0 Å². The van der Waals surface area contributed by atoms with Gasteiger partial charge in [-0.2, -0.15) is 0 Å². The van der Waals surface area contributed by atoms with Gasteiger partial charge in [-0.25, -0.2) is 4.79 Å². The van der Waals surface area contributed by atoms with Crippen molar-refractivity contribution in [2.45, 2.75) is 0 Å². The van der Waals surface area contributed by atoms with Crippen LogP contribution < -0.4 is 4.74 Å². The first kappa shape index (κ1) is 18.9. The molecule has 1 saturated heterocycles. The molecule has 0 radical (unpaired) electrons. The lowest BCUT2D eigenvalue weighted by Gasteiger charge is -2.13. The molecule has 1 amide bonds. The molecule has 1 aliphatic heterocycles. The predicted molar refractivity (Wildman–Crippen MR) is 99.0 cm³/mol. The Morgan fingerprint density at radius 3 is 2.92 bits per heavy atom. The highest BCUT2D eigenvalue weighted by Crippen LogP contribution is 2.34. The van der Waals surface area contributed by atoms with Gasteiger partial charge in [-0.1, -0.05) is 39.9 Å². The number of thiocarbonyl (C=S) groups is 1. The van der Waals surface area contributed by atoms with E-state index in [0.717, 1.165) is 4.47 Å². The molecule has 0 saturated carbocycles. The van der Waals surface area contributed by atoms with Crippen LogP contribution in [-0.2, 0) is 14.3 Å². The molecule has 24 heavy (non-hydrogen) atoms. The van der Waals surface area contributed by atoms with Crippen molar-refractivity contribution in [1.82, 2.24) is 4.90 Å². The van der Waals surface area contributed by atoms with E-state index in [9.17, 15) is 9.59 Å².